The van der Waals surface area contributed by atoms with Gasteiger partial charge < -0.3 is 5.32 Å². The van der Waals surface area contributed by atoms with Crippen molar-refractivity contribution in [2.24, 2.45) is 17.3 Å². The molecule has 1 N–H and O–H groups in total. The predicted molar refractivity (Wildman–Crippen MR) is 83.1 cm³/mol. The third kappa shape index (κ3) is 3.63. The molecule has 0 aromatic heterocycles. The molecule has 0 heterocycles. The summed E-state index contributed by atoms with van der Waals surface area (Å²) in [6, 6.07) is 3.90. The molecule has 1 aliphatic rings. The molecule has 0 spiro atoms. The molecule has 21 heavy (non-hydrogen) atoms. The Hall–Kier alpha value is -0.960. The first-order valence-electron chi connectivity index (χ1n) is 7.95. The van der Waals surface area contributed by atoms with Crippen LogP contribution in [0.2, 0.25) is 0 Å². The van der Waals surface area contributed by atoms with E-state index in [2.05, 4.69) is 26.1 Å². The van der Waals surface area contributed by atoms with E-state index in [9.17, 15) is 8.78 Å². The van der Waals surface area contributed by atoms with Crippen LogP contribution in [0.5, 0.6) is 0 Å². The van der Waals surface area contributed by atoms with Gasteiger partial charge in [-0.2, -0.15) is 0 Å². The van der Waals surface area contributed by atoms with Crippen molar-refractivity contribution in [2.75, 3.05) is 7.05 Å². The lowest BCUT2D eigenvalue weighted by molar-refractivity contribution is 0.132. The van der Waals surface area contributed by atoms with Gasteiger partial charge in [-0.05, 0) is 62.1 Å². The van der Waals surface area contributed by atoms with Gasteiger partial charge in [0.2, 0.25) is 0 Å². The summed E-state index contributed by atoms with van der Waals surface area (Å²) in [5.41, 5.74) is 0.530. The molecule has 3 heteroatoms. The summed E-state index contributed by atoms with van der Waals surface area (Å²) >= 11 is 0. The summed E-state index contributed by atoms with van der Waals surface area (Å²) in [7, 11) is 1.80. The Labute approximate surface area is 127 Å². The molecule has 0 radical (unpaired) electrons. The van der Waals surface area contributed by atoms with Crippen LogP contribution in [-0.2, 0) is 0 Å². The monoisotopic (exact) mass is 295 g/mol. The molecule has 118 valence electrons. The zero-order chi connectivity index (χ0) is 15.6. The summed E-state index contributed by atoms with van der Waals surface area (Å²) in [4.78, 5) is 0. The second kappa shape index (κ2) is 6.43. The highest BCUT2D eigenvalue weighted by Gasteiger charge is 2.34. The molecule has 1 saturated carbocycles. The van der Waals surface area contributed by atoms with Gasteiger partial charge in [0.25, 0.3) is 0 Å². The molecule has 1 unspecified atom stereocenters. The van der Waals surface area contributed by atoms with Crippen LogP contribution in [0.25, 0.3) is 0 Å². The lowest BCUT2D eigenvalue weighted by Crippen LogP contribution is -2.33. The minimum atomic E-state index is -0.438. The Bertz CT molecular complexity index is 450. The smallest absolute Gasteiger partial charge is 0.130 e. The maximum absolute atomic E-state index is 14.0. The molecule has 1 fully saturated rings. The van der Waals surface area contributed by atoms with Crippen molar-refractivity contribution in [3.05, 3.63) is 35.4 Å². The van der Waals surface area contributed by atoms with Gasteiger partial charge in [-0.3, -0.25) is 0 Å². The fraction of sp³-hybridized carbons (Fsp3) is 0.667. The maximum atomic E-state index is 14.0. The maximum Gasteiger partial charge on any atom is 0.130 e. The predicted octanol–water partition coefficient (Wildman–Crippen LogP) is 5.08. The van der Waals surface area contributed by atoms with Crippen molar-refractivity contribution >= 4 is 0 Å². The van der Waals surface area contributed by atoms with Crippen LogP contribution in [0, 0.1) is 28.9 Å². The topological polar surface area (TPSA) is 12.0 Å². The number of halogens is 2. The van der Waals surface area contributed by atoms with E-state index in [1.807, 2.05) is 0 Å². The normalized spacial score (nSPS) is 24.9. The van der Waals surface area contributed by atoms with Crippen LogP contribution in [0.15, 0.2) is 18.2 Å². The molecule has 1 atom stereocenters. The summed E-state index contributed by atoms with van der Waals surface area (Å²) in [5.74, 6) is 0.135. The number of hydrogen-bond donors (Lipinski definition) is 1. The number of benzene rings is 1. The molecule has 1 aliphatic carbocycles. The Morgan fingerprint density at radius 3 is 2.00 bits per heavy atom. The Morgan fingerprint density at radius 2 is 1.57 bits per heavy atom. The standard InChI is InChI=1S/C18H27F2N/c1-18(2,3)13-10-8-12(9-11-13)17(21-4)16-14(19)6-5-7-15(16)20/h5-7,12-13,17,21H,8-11H2,1-4H3. The Morgan fingerprint density at radius 1 is 1.05 bits per heavy atom. The van der Waals surface area contributed by atoms with Gasteiger partial charge in [-0.15, -0.1) is 0 Å². The molecule has 0 aliphatic heterocycles. The third-order valence-electron chi connectivity index (χ3n) is 5.09. The average Bonchev–Trinajstić information content (AvgIpc) is 2.42. The Kier molecular flexibility index (Phi) is 5.03. The molecule has 0 amide bonds. The minimum absolute atomic E-state index is 0.208. The number of hydrogen-bond acceptors (Lipinski definition) is 1. The van der Waals surface area contributed by atoms with Crippen molar-refractivity contribution in [1.29, 1.82) is 0 Å². The minimum Gasteiger partial charge on any atom is -0.313 e. The summed E-state index contributed by atoms with van der Waals surface area (Å²) < 4.78 is 28.1. The molecule has 1 aromatic rings. The average molecular weight is 295 g/mol. The molecule has 1 aromatic carbocycles. The highest BCUT2D eigenvalue weighted by atomic mass is 19.1. The summed E-state index contributed by atoms with van der Waals surface area (Å²) in [5, 5.41) is 3.14. The summed E-state index contributed by atoms with van der Waals surface area (Å²) in [6.45, 7) is 6.85. The van der Waals surface area contributed by atoms with Gasteiger partial charge in [0.15, 0.2) is 0 Å². The van der Waals surface area contributed by atoms with Crippen LogP contribution in [0.4, 0.5) is 8.78 Å². The Balaban J connectivity index is 2.14. The molecular weight excluding hydrogens is 268 g/mol. The molecule has 2 rings (SSSR count). The van der Waals surface area contributed by atoms with Crippen molar-refractivity contribution < 1.29 is 8.78 Å². The van der Waals surface area contributed by atoms with Crippen molar-refractivity contribution in [3.63, 3.8) is 0 Å². The second-order valence-electron chi connectivity index (χ2n) is 7.38. The van der Waals surface area contributed by atoms with Gasteiger partial charge in [0.1, 0.15) is 11.6 Å². The van der Waals surface area contributed by atoms with Crippen LogP contribution in [0.1, 0.15) is 58.1 Å². The first kappa shape index (κ1) is 16.4. The highest BCUT2D eigenvalue weighted by Crippen LogP contribution is 2.43. The van der Waals surface area contributed by atoms with Crippen molar-refractivity contribution in [1.82, 2.24) is 5.32 Å². The molecule has 0 bridgehead atoms. The van der Waals surface area contributed by atoms with Crippen LogP contribution >= 0.6 is 0 Å². The summed E-state index contributed by atoms with van der Waals surface area (Å²) in [6.07, 6.45) is 4.34. The first-order chi connectivity index (χ1) is 9.84. The van der Waals surface area contributed by atoms with E-state index in [4.69, 9.17) is 0 Å². The molecule has 1 nitrogen and oxygen atoms in total. The lowest BCUT2D eigenvalue weighted by Gasteiger charge is -2.39. The van der Waals surface area contributed by atoms with E-state index in [1.54, 1.807) is 7.05 Å². The second-order valence-corrected chi connectivity index (χ2v) is 7.38. The fourth-order valence-corrected chi connectivity index (χ4v) is 3.74. The van der Waals surface area contributed by atoms with E-state index in [0.29, 0.717) is 17.3 Å². The molecular formula is C18H27F2N. The van der Waals surface area contributed by atoms with Gasteiger partial charge in [-0.25, -0.2) is 8.78 Å². The van der Waals surface area contributed by atoms with Crippen LogP contribution in [0.3, 0.4) is 0 Å². The van der Waals surface area contributed by atoms with E-state index in [0.717, 1.165) is 25.7 Å². The number of nitrogens with one attached hydrogen (secondary N) is 1. The zero-order valence-electron chi connectivity index (χ0n) is 13.5. The quantitative estimate of drug-likeness (QED) is 0.820. The SMILES string of the molecule is CNC(c1c(F)cccc1F)C1CCC(C(C)(C)C)CC1. The van der Waals surface area contributed by atoms with E-state index < -0.39 is 11.6 Å². The van der Waals surface area contributed by atoms with Crippen LogP contribution in [-0.4, -0.2) is 7.05 Å². The van der Waals surface area contributed by atoms with Gasteiger partial charge in [-0.1, -0.05) is 26.8 Å². The van der Waals surface area contributed by atoms with Gasteiger partial charge >= 0.3 is 0 Å². The lowest BCUT2D eigenvalue weighted by atomic mass is 9.68. The van der Waals surface area contributed by atoms with Crippen molar-refractivity contribution in [2.45, 2.75) is 52.5 Å². The van der Waals surface area contributed by atoms with Gasteiger partial charge in [0.05, 0.1) is 0 Å². The van der Waals surface area contributed by atoms with E-state index in [-0.39, 0.29) is 11.6 Å². The fourth-order valence-electron chi connectivity index (χ4n) is 3.74. The third-order valence-corrected chi connectivity index (χ3v) is 5.09. The first-order valence-corrected chi connectivity index (χ1v) is 7.95. The van der Waals surface area contributed by atoms with Crippen LogP contribution < -0.4 is 5.32 Å². The van der Waals surface area contributed by atoms with E-state index >= 15 is 0 Å². The van der Waals surface area contributed by atoms with E-state index in [1.165, 1.54) is 18.2 Å². The van der Waals surface area contributed by atoms with Crippen molar-refractivity contribution in [3.8, 4) is 0 Å². The van der Waals surface area contributed by atoms with Gasteiger partial charge in [0, 0.05) is 11.6 Å². The molecule has 0 saturated heterocycles. The number of rotatable bonds is 3. The zero-order valence-corrected chi connectivity index (χ0v) is 13.5. The highest BCUT2D eigenvalue weighted by molar-refractivity contribution is 5.24. The largest absolute Gasteiger partial charge is 0.313 e.